The average molecular weight is 277 g/mol. The molecule has 0 radical (unpaired) electrons. The van der Waals surface area contributed by atoms with Crippen molar-refractivity contribution in [3.05, 3.63) is 28.8 Å². The summed E-state index contributed by atoms with van der Waals surface area (Å²) < 4.78 is 12.3. The van der Waals surface area contributed by atoms with Gasteiger partial charge in [-0.1, -0.05) is 12.2 Å². The van der Waals surface area contributed by atoms with Gasteiger partial charge in [-0.25, -0.2) is 0 Å². The molecule has 0 aliphatic rings. The van der Waals surface area contributed by atoms with Gasteiger partial charge < -0.3 is 14.1 Å². The van der Waals surface area contributed by atoms with Crippen LogP contribution in [0, 0.1) is 4.51 Å². The van der Waals surface area contributed by atoms with Crippen molar-refractivity contribution in [3.63, 3.8) is 0 Å². The summed E-state index contributed by atoms with van der Waals surface area (Å²) in [6.07, 6.45) is 0. The monoisotopic (exact) mass is 277 g/mol. The zero-order valence-corrected chi connectivity index (χ0v) is 12.4. The van der Waals surface area contributed by atoms with Gasteiger partial charge in [-0.2, -0.15) is 0 Å². The number of hydrogen-bond donors (Lipinski definition) is 0. The zero-order valence-electron chi connectivity index (χ0n) is 11.6. The summed E-state index contributed by atoms with van der Waals surface area (Å²) in [6.45, 7) is 8.59. The molecule has 0 bridgehead atoms. The van der Waals surface area contributed by atoms with E-state index < -0.39 is 0 Å². The van der Waals surface area contributed by atoms with Crippen LogP contribution in [0.5, 0.6) is 5.75 Å². The van der Waals surface area contributed by atoms with Crippen molar-refractivity contribution in [1.82, 2.24) is 0 Å². The first kappa shape index (κ1) is 13.9. The molecule has 0 saturated heterocycles. The van der Waals surface area contributed by atoms with Crippen LogP contribution in [0.3, 0.4) is 0 Å². The second-order valence-corrected chi connectivity index (χ2v) is 4.65. The second-order valence-electron chi connectivity index (χ2n) is 4.21. The average Bonchev–Trinajstić information content (AvgIpc) is 2.40. The molecule has 4 heteroatoms. The Labute approximate surface area is 118 Å². The summed E-state index contributed by atoms with van der Waals surface area (Å²) in [5.74, 6) is 1.63. The molecule has 0 fully saturated rings. The van der Waals surface area contributed by atoms with E-state index in [0.717, 1.165) is 40.2 Å². The van der Waals surface area contributed by atoms with E-state index in [-0.39, 0.29) is 0 Å². The standard InChI is InChI=1S/C15H19NO2S/c1-4-16(5-2)15-10-14(19)12-8-7-11(17-6-3)9-13(12)18-15/h7-10H,4-6H2,1-3H3. The molecule has 19 heavy (non-hydrogen) atoms. The molecule has 0 unspecified atom stereocenters. The highest BCUT2D eigenvalue weighted by atomic mass is 32.1. The number of ether oxygens (including phenoxy) is 1. The van der Waals surface area contributed by atoms with Crippen molar-refractivity contribution in [2.24, 2.45) is 0 Å². The molecule has 0 spiro atoms. The van der Waals surface area contributed by atoms with Gasteiger partial charge in [-0.05, 0) is 32.9 Å². The third-order valence-electron chi connectivity index (χ3n) is 3.07. The number of benzene rings is 1. The van der Waals surface area contributed by atoms with Crippen LogP contribution >= 0.6 is 12.2 Å². The highest BCUT2D eigenvalue weighted by Gasteiger charge is 2.08. The number of rotatable bonds is 5. The van der Waals surface area contributed by atoms with Crippen LogP contribution in [-0.2, 0) is 0 Å². The van der Waals surface area contributed by atoms with Gasteiger partial charge in [0, 0.05) is 30.6 Å². The topological polar surface area (TPSA) is 25.6 Å². The fourth-order valence-electron chi connectivity index (χ4n) is 2.07. The first-order valence-corrected chi connectivity index (χ1v) is 7.06. The molecule has 0 aliphatic carbocycles. The summed E-state index contributed by atoms with van der Waals surface area (Å²) in [5, 5.41) is 0.953. The Kier molecular flexibility index (Phi) is 4.43. The van der Waals surface area contributed by atoms with Gasteiger partial charge in [0.2, 0.25) is 0 Å². The molecule has 0 atom stereocenters. The first-order chi connectivity index (χ1) is 9.19. The van der Waals surface area contributed by atoms with Gasteiger partial charge in [0.15, 0.2) is 5.88 Å². The molecule has 0 aliphatic heterocycles. The van der Waals surface area contributed by atoms with E-state index in [1.165, 1.54) is 0 Å². The molecule has 3 nitrogen and oxygen atoms in total. The highest BCUT2D eigenvalue weighted by molar-refractivity contribution is 7.71. The number of anilines is 1. The van der Waals surface area contributed by atoms with Crippen molar-refractivity contribution in [2.45, 2.75) is 20.8 Å². The van der Waals surface area contributed by atoms with E-state index in [4.69, 9.17) is 21.4 Å². The first-order valence-electron chi connectivity index (χ1n) is 6.65. The Morgan fingerprint density at radius 3 is 2.53 bits per heavy atom. The fraction of sp³-hybridized carbons (Fsp3) is 0.400. The molecular weight excluding hydrogens is 258 g/mol. The van der Waals surface area contributed by atoms with Crippen molar-refractivity contribution >= 4 is 29.1 Å². The van der Waals surface area contributed by atoms with Crippen molar-refractivity contribution in [3.8, 4) is 5.75 Å². The Balaban J connectivity index is 2.55. The van der Waals surface area contributed by atoms with Crippen LogP contribution in [0.25, 0.3) is 11.0 Å². The van der Waals surface area contributed by atoms with Crippen LogP contribution in [0.1, 0.15) is 20.8 Å². The molecule has 1 aromatic carbocycles. The predicted molar refractivity (Wildman–Crippen MR) is 81.8 cm³/mol. The summed E-state index contributed by atoms with van der Waals surface area (Å²) in [4.78, 5) is 2.14. The van der Waals surface area contributed by atoms with Gasteiger partial charge in [0.1, 0.15) is 11.3 Å². The van der Waals surface area contributed by atoms with Crippen LogP contribution in [0.4, 0.5) is 5.88 Å². The smallest absolute Gasteiger partial charge is 0.197 e. The van der Waals surface area contributed by atoms with E-state index in [1.54, 1.807) is 0 Å². The van der Waals surface area contributed by atoms with E-state index in [1.807, 2.05) is 31.2 Å². The molecule has 102 valence electrons. The van der Waals surface area contributed by atoms with E-state index in [9.17, 15) is 0 Å². The van der Waals surface area contributed by atoms with Crippen LogP contribution < -0.4 is 9.64 Å². The second kappa shape index (κ2) is 6.06. The maximum atomic E-state index is 5.95. The lowest BCUT2D eigenvalue weighted by Gasteiger charge is -2.19. The van der Waals surface area contributed by atoms with Crippen molar-refractivity contribution in [2.75, 3.05) is 24.6 Å². The molecule has 0 amide bonds. The minimum Gasteiger partial charge on any atom is -0.494 e. The van der Waals surface area contributed by atoms with Gasteiger partial charge in [0.05, 0.1) is 11.1 Å². The summed E-state index contributed by atoms with van der Waals surface area (Å²) in [6, 6.07) is 7.71. The molecule has 2 rings (SSSR count). The number of fused-ring (bicyclic) bond motifs is 1. The van der Waals surface area contributed by atoms with Crippen molar-refractivity contribution in [1.29, 1.82) is 0 Å². The summed E-state index contributed by atoms with van der Waals surface area (Å²) >= 11 is 5.44. The largest absolute Gasteiger partial charge is 0.494 e. The lowest BCUT2D eigenvalue weighted by atomic mass is 10.2. The van der Waals surface area contributed by atoms with Crippen LogP contribution in [0.15, 0.2) is 28.7 Å². The molecule has 1 heterocycles. The maximum absolute atomic E-state index is 5.95. The summed E-state index contributed by atoms with van der Waals surface area (Å²) in [5.41, 5.74) is 0.778. The Morgan fingerprint density at radius 1 is 1.16 bits per heavy atom. The van der Waals surface area contributed by atoms with E-state index in [2.05, 4.69) is 18.7 Å². The van der Waals surface area contributed by atoms with E-state index >= 15 is 0 Å². The minimum absolute atomic E-state index is 0.641. The molecule has 0 saturated carbocycles. The van der Waals surface area contributed by atoms with Gasteiger partial charge in [0.25, 0.3) is 0 Å². The van der Waals surface area contributed by atoms with Crippen molar-refractivity contribution < 1.29 is 9.15 Å². The Morgan fingerprint density at radius 2 is 1.89 bits per heavy atom. The number of nitrogens with zero attached hydrogens (tertiary/aromatic N) is 1. The SMILES string of the molecule is CCOc1ccc2c(=S)cc(N(CC)CC)oc2c1. The predicted octanol–water partition coefficient (Wildman–Crippen LogP) is 4.41. The van der Waals surface area contributed by atoms with Gasteiger partial charge in [-0.15, -0.1) is 0 Å². The highest BCUT2D eigenvalue weighted by Crippen LogP contribution is 2.27. The quantitative estimate of drug-likeness (QED) is 0.756. The number of hydrogen-bond acceptors (Lipinski definition) is 4. The maximum Gasteiger partial charge on any atom is 0.197 e. The fourth-order valence-corrected chi connectivity index (χ4v) is 2.34. The van der Waals surface area contributed by atoms with Gasteiger partial charge in [-0.3, -0.25) is 0 Å². The third-order valence-corrected chi connectivity index (χ3v) is 3.41. The third kappa shape index (κ3) is 2.89. The normalized spacial score (nSPS) is 10.7. The lowest BCUT2D eigenvalue weighted by molar-refractivity contribution is 0.340. The molecule has 2 aromatic rings. The molecule has 1 aromatic heterocycles. The molecular formula is C15H19NO2S. The van der Waals surface area contributed by atoms with Gasteiger partial charge >= 0.3 is 0 Å². The molecule has 0 N–H and O–H groups in total. The Bertz CT molecular complexity index is 617. The Hall–Kier alpha value is -1.55. The zero-order chi connectivity index (χ0) is 13.8. The lowest BCUT2D eigenvalue weighted by Crippen LogP contribution is -2.21. The van der Waals surface area contributed by atoms with E-state index in [0.29, 0.717) is 6.61 Å². The van der Waals surface area contributed by atoms with Crippen LogP contribution in [-0.4, -0.2) is 19.7 Å². The summed E-state index contributed by atoms with van der Waals surface area (Å²) in [7, 11) is 0. The minimum atomic E-state index is 0.641. The van der Waals surface area contributed by atoms with Crippen LogP contribution in [0.2, 0.25) is 0 Å².